The van der Waals surface area contributed by atoms with Crippen LogP contribution in [0.15, 0.2) is 30.3 Å². The van der Waals surface area contributed by atoms with E-state index in [0.717, 1.165) is 5.56 Å². The summed E-state index contributed by atoms with van der Waals surface area (Å²) < 4.78 is 0. The van der Waals surface area contributed by atoms with Gasteiger partial charge in [0.2, 0.25) is 17.7 Å². The molecule has 0 aliphatic rings. The van der Waals surface area contributed by atoms with Gasteiger partial charge >= 0.3 is 5.97 Å². The second-order valence-corrected chi connectivity index (χ2v) is 8.45. The minimum atomic E-state index is -1.32. The molecule has 0 aliphatic heterocycles. The van der Waals surface area contributed by atoms with Crippen molar-refractivity contribution in [1.82, 2.24) is 16.0 Å². The van der Waals surface area contributed by atoms with Gasteiger partial charge in [0.15, 0.2) is 0 Å². The van der Waals surface area contributed by atoms with Crippen molar-refractivity contribution < 1.29 is 29.4 Å². The van der Waals surface area contributed by atoms with Crippen LogP contribution in [0, 0.1) is 5.92 Å². The van der Waals surface area contributed by atoms with Gasteiger partial charge in [-0.05, 0) is 37.3 Å². The van der Waals surface area contributed by atoms with E-state index in [1.165, 1.54) is 0 Å². The van der Waals surface area contributed by atoms with Crippen LogP contribution in [0.3, 0.4) is 0 Å². The summed E-state index contributed by atoms with van der Waals surface area (Å²) >= 11 is 0. The molecule has 4 unspecified atom stereocenters. The Morgan fingerprint density at radius 1 is 0.882 bits per heavy atom. The van der Waals surface area contributed by atoms with Crippen LogP contribution >= 0.6 is 0 Å². The van der Waals surface area contributed by atoms with Gasteiger partial charge in [0, 0.05) is 6.42 Å². The third-order valence-corrected chi connectivity index (χ3v) is 5.31. The number of benzene rings is 1. The Bertz CT molecular complexity index is 804. The first-order valence-corrected chi connectivity index (χ1v) is 11.3. The molecule has 4 atom stereocenters. The van der Waals surface area contributed by atoms with Gasteiger partial charge in [-0.25, -0.2) is 4.79 Å². The van der Waals surface area contributed by atoms with Gasteiger partial charge in [0.1, 0.15) is 18.1 Å². The molecule has 0 aromatic heterocycles. The molecule has 1 rings (SSSR count). The largest absolute Gasteiger partial charge is 0.480 e. The highest BCUT2D eigenvalue weighted by atomic mass is 16.4. The van der Waals surface area contributed by atoms with Crippen LogP contribution in [0.5, 0.6) is 0 Å². The molecule has 0 saturated heterocycles. The van der Waals surface area contributed by atoms with Gasteiger partial charge < -0.3 is 37.6 Å². The minimum absolute atomic E-state index is 0.0633. The molecule has 34 heavy (non-hydrogen) atoms. The number of carbonyl (C=O) groups excluding carboxylic acids is 3. The van der Waals surface area contributed by atoms with Gasteiger partial charge in [-0.3, -0.25) is 14.4 Å². The smallest absolute Gasteiger partial charge is 0.326 e. The molecule has 0 fully saturated rings. The van der Waals surface area contributed by atoms with Crippen molar-refractivity contribution in [2.24, 2.45) is 17.4 Å². The van der Waals surface area contributed by atoms with Crippen LogP contribution in [0.2, 0.25) is 0 Å². The van der Waals surface area contributed by atoms with Crippen molar-refractivity contribution >= 4 is 23.7 Å². The van der Waals surface area contributed by atoms with Crippen molar-refractivity contribution in [2.75, 3.05) is 13.2 Å². The topological polar surface area (TPSA) is 197 Å². The van der Waals surface area contributed by atoms with E-state index in [2.05, 4.69) is 16.0 Å². The number of nitrogens with two attached hydrogens (primary N) is 2. The van der Waals surface area contributed by atoms with Gasteiger partial charge in [0.25, 0.3) is 0 Å². The van der Waals surface area contributed by atoms with Crippen molar-refractivity contribution in [3.63, 3.8) is 0 Å². The van der Waals surface area contributed by atoms with Gasteiger partial charge in [-0.2, -0.15) is 0 Å². The number of aliphatic hydroxyl groups excluding tert-OH is 1. The quantitative estimate of drug-likeness (QED) is 0.153. The molecule has 9 N–H and O–H groups in total. The monoisotopic (exact) mass is 479 g/mol. The van der Waals surface area contributed by atoms with Crippen LogP contribution in [-0.2, 0) is 25.6 Å². The Hall–Kier alpha value is -3.02. The van der Waals surface area contributed by atoms with E-state index in [1.54, 1.807) is 44.2 Å². The van der Waals surface area contributed by atoms with Crippen molar-refractivity contribution in [1.29, 1.82) is 0 Å². The van der Waals surface area contributed by atoms with E-state index < -0.39 is 54.5 Å². The summed E-state index contributed by atoms with van der Waals surface area (Å²) in [6, 6.07) is 4.34. The molecular formula is C23H37N5O6. The molecule has 11 nitrogen and oxygen atoms in total. The minimum Gasteiger partial charge on any atom is -0.480 e. The molecule has 1 aromatic rings. The molecule has 0 saturated carbocycles. The normalized spacial score (nSPS) is 14.5. The molecule has 1 aromatic carbocycles. The Morgan fingerprint density at radius 3 is 1.97 bits per heavy atom. The Kier molecular flexibility index (Phi) is 12.8. The lowest BCUT2D eigenvalue weighted by Crippen LogP contribution is -2.58. The second-order valence-electron chi connectivity index (χ2n) is 8.45. The maximum atomic E-state index is 12.9. The summed E-state index contributed by atoms with van der Waals surface area (Å²) in [6.45, 7) is 3.16. The number of hydrogen-bond donors (Lipinski definition) is 7. The van der Waals surface area contributed by atoms with Crippen molar-refractivity contribution in [2.45, 2.75) is 63.7 Å². The van der Waals surface area contributed by atoms with E-state index in [1.807, 2.05) is 0 Å². The highest BCUT2D eigenvalue weighted by Crippen LogP contribution is 2.07. The van der Waals surface area contributed by atoms with Gasteiger partial charge in [-0.15, -0.1) is 0 Å². The lowest BCUT2D eigenvalue weighted by molar-refractivity contribution is -0.142. The fourth-order valence-corrected chi connectivity index (χ4v) is 3.12. The Balaban J connectivity index is 2.91. The Labute approximate surface area is 199 Å². The van der Waals surface area contributed by atoms with Crippen molar-refractivity contribution in [3.8, 4) is 0 Å². The number of nitrogens with one attached hydrogen (secondary N) is 3. The number of aliphatic hydroxyl groups is 1. The average Bonchev–Trinajstić information content (AvgIpc) is 2.81. The first-order chi connectivity index (χ1) is 16.1. The molecule has 0 radical (unpaired) electrons. The van der Waals surface area contributed by atoms with E-state index in [9.17, 15) is 29.4 Å². The highest BCUT2D eigenvalue weighted by Gasteiger charge is 2.30. The number of aliphatic carboxylic acids is 1. The van der Waals surface area contributed by atoms with Crippen LogP contribution in [0.4, 0.5) is 0 Å². The fraction of sp³-hybridized carbons (Fsp3) is 0.565. The SMILES string of the molecule is CC(C)C(N)C(=O)NC(CO)C(=O)NC(CCCCN)C(=O)NC(Cc1ccccc1)C(=O)O. The molecule has 0 bridgehead atoms. The molecule has 0 aliphatic carbocycles. The molecule has 3 amide bonds. The van der Waals surface area contributed by atoms with E-state index >= 15 is 0 Å². The number of carboxylic acids is 1. The van der Waals surface area contributed by atoms with E-state index in [4.69, 9.17) is 11.5 Å². The summed E-state index contributed by atoms with van der Waals surface area (Å²) in [5.74, 6) is -3.48. The summed E-state index contributed by atoms with van der Waals surface area (Å²) in [7, 11) is 0. The zero-order valence-corrected chi connectivity index (χ0v) is 19.7. The lowest BCUT2D eigenvalue weighted by Gasteiger charge is -2.25. The molecule has 0 spiro atoms. The molecule has 0 heterocycles. The van der Waals surface area contributed by atoms with E-state index in [-0.39, 0.29) is 18.8 Å². The predicted molar refractivity (Wildman–Crippen MR) is 126 cm³/mol. The number of carboxylic acid groups (broad SMARTS) is 1. The van der Waals surface area contributed by atoms with Crippen LogP contribution in [0.1, 0.15) is 38.7 Å². The first kappa shape index (κ1) is 29.0. The zero-order valence-electron chi connectivity index (χ0n) is 19.7. The second kappa shape index (κ2) is 15.0. The summed E-state index contributed by atoms with van der Waals surface area (Å²) in [4.78, 5) is 49.6. The third kappa shape index (κ3) is 9.86. The number of amides is 3. The third-order valence-electron chi connectivity index (χ3n) is 5.31. The highest BCUT2D eigenvalue weighted by molar-refractivity contribution is 5.94. The Morgan fingerprint density at radius 2 is 1.44 bits per heavy atom. The predicted octanol–water partition coefficient (Wildman–Crippen LogP) is -1.13. The molecule has 11 heteroatoms. The zero-order chi connectivity index (χ0) is 25.7. The number of hydrogen-bond acceptors (Lipinski definition) is 7. The molecular weight excluding hydrogens is 442 g/mol. The maximum Gasteiger partial charge on any atom is 0.326 e. The van der Waals surface area contributed by atoms with E-state index in [0.29, 0.717) is 19.4 Å². The standard InChI is InChI=1S/C23H37N5O6/c1-14(2)19(25)22(32)28-18(13-29)21(31)26-16(10-6-7-11-24)20(30)27-17(23(33)34)12-15-8-4-3-5-9-15/h3-5,8-9,14,16-19,29H,6-7,10-13,24-25H2,1-2H3,(H,26,31)(H,27,30)(H,28,32)(H,33,34). The summed E-state index contributed by atoms with van der Waals surface area (Å²) in [6.07, 6.45) is 1.35. The van der Waals surface area contributed by atoms with Crippen molar-refractivity contribution in [3.05, 3.63) is 35.9 Å². The maximum absolute atomic E-state index is 12.9. The number of carbonyl (C=O) groups is 4. The number of rotatable bonds is 15. The molecule has 190 valence electrons. The summed E-state index contributed by atoms with van der Waals surface area (Å²) in [5, 5.41) is 26.5. The van der Waals surface area contributed by atoms with Crippen LogP contribution in [-0.4, -0.2) is 71.2 Å². The van der Waals surface area contributed by atoms with Crippen LogP contribution in [0.25, 0.3) is 0 Å². The van der Waals surface area contributed by atoms with Gasteiger partial charge in [0.05, 0.1) is 12.6 Å². The number of unbranched alkanes of at least 4 members (excludes halogenated alkanes) is 1. The summed E-state index contributed by atoms with van der Waals surface area (Å²) in [5.41, 5.74) is 12.0. The fourth-order valence-electron chi connectivity index (χ4n) is 3.12. The van der Waals surface area contributed by atoms with Crippen LogP contribution < -0.4 is 27.4 Å². The first-order valence-electron chi connectivity index (χ1n) is 11.3. The average molecular weight is 480 g/mol. The van der Waals surface area contributed by atoms with Gasteiger partial charge in [-0.1, -0.05) is 44.2 Å². The lowest BCUT2D eigenvalue weighted by atomic mass is 10.0.